The average molecular weight is 467 g/mol. The highest BCUT2D eigenvalue weighted by molar-refractivity contribution is 6.30. The third-order valence-corrected chi connectivity index (χ3v) is 6.09. The fraction of sp³-hybridized carbons (Fsp3) is 0.280. The van der Waals surface area contributed by atoms with E-state index in [1.54, 1.807) is 43.6 Å². The minimum atomic E-state index is -0.476. The van der Waals surface area contributed by atoms with Crippen molar-refractivity contribution in [3.8, 4) is 28.5 Å². The summed E-state index contributed by atoms with van der Waals surface area (Å²) >= 11 is 5.92. The molecular formula is C25H23ClN2O5. The number of rotatable bonds is 7. The lowest BCUT2D eigenvalue weighted by Crippen LogP contribution is -2.38. The van der Waals surface area contributed by atoms with Crippen molar-refractivity contribution in [3.63, 3.8) is 0 Å². The fourth-order valence-electron chi connectivity index (χ4n) is 3.79. The smallest absolute Gasteiger partial charge is 0.264 e. The number of halogens is 1. The first-order valence-corrected chi connectivity index (χ1v) is 11.1. The number of fused-ring (bicyclic) bond motifs is 1. The molecule has 1 amide bonds. The fourth-order valence-corrected chi connectivity index (χ4v) is 3.90. The summed E-state index contributed by atoms with van der Waals surface area (Å²) in [7, 11) is 1.54. The predicted molar refractivity (Wildman–Crippen MR) is 124 cm³/mol. The van der Waals surface area contributed by atoms with Gasteiger partial charge in [-0.3, -0.25) is 14.7 Å². The van der Waals surface area contributed by atoms with Crippen LogP contribution in [-0.2, 0) is 0 Å². The summed E-state index contributed by atoms with van der Waals surface area (Å²) in [5.41, 5.74) is 2.67. The van der Waals surface area contributed by atoms with E-state index >= 15 is 0 Å². The van der Waals surface area contributed by atoms with Crippen molar-refractivity contribution in [2.75, 3.05) is 25.3 Å². The van der Waals surface area contributed by atoms with E-state index in [-0.39, 0.29) is 19.2 Å². The van der Waals surface area contributed by atoms with Crippen LogP contribution in [0.5, 0.6) is 17.2 Å². The second kappa shape index (κ2) is 8.92. The van der Waals surface area contributed by atoms with Gasteiger partial charge in [0.2, 0.25) is 0 Å². The van der Waals surface area contributed by atoms with Crippen LogP contribution in [0.15, 0.2) is 54.7 Å². The summed E-state index contributed by atoms with van der Waals surface area (Å²) in [4.78, 5) is 19.1. The van der Waals surface area contributed by atoms with Gasteiger partial charge in [-0.2, -0.15) is 0 Å². The molecule has 170 valence electrons. The molecule has 0 bridgehead atoms. The maximum atomic E-state index is 13.2. The molecule has 1 aliphatic carbocycles. The molecule has 1 N–H and O–H groups in total. The van der Waals surface area contributed by atoms with Crippen molar-refractivity contribution in [1.82, 2.24) is 4.98 Å². The Morgan fingerprint density at radius 2 is 2.03 bits per heavy atom. The minimum absolute atomic E-state index is 0.0626. The van der Waals surface area contributed by atoms with E-state index in [0.717, 1.165) is 24.1 Å². The summed E-state index contributed by atoms with van der Waals surface area (Å²) in [6, 6.07) is 14.2. The summed E-state index contributed by atoms with van der Waals surface area (Å²) in [5.74, 6) is 1.66. The summed E-state index contributed by atoms with van der Waals surface area (Å²) in [5, 5.41) is 10.6. The number of hydrogen-bond acceptors (Lipinski definition) is 6. The summed E-state index contributed by atoms with van der Waals surface area (Å²) in [6.07, 6.45) is 3.18. The zero-order valence-corrected chi connectivity index (χ0v) is 18.8. The molecule has 0 spiro atoms. The Labute approximate surface area is 196 Å². The molecule has 2 aromatic carbocycles. The number of aliphatic hydroxyl groups is 1. The molecule has 2 aliphatic rings. The van der Waals surface area contributed by atoms with Crippen LogP contribution in [0.2, 0.25) is 5.02 Å². The van der Waals surface area contributed by atoms with Crippen LogP contribution >= 0.6 is 11.6 Å². The molecule has 8 heteroatoms. The number of carbonyl (C=O) groups is 1. The summed E-state index contributed by atoms with van der Waals surface area (Å²) < 4.78 is 17.1. The molecule has 0 radical (unpaired) electrons. The van der Waals surface area contributed by atoms with E-state index in [1.807, 2.05) is 18.2 Å². The Kier molecular flexibility index (Phi) is 5.83. The van der Waals surface area contributed by atoms with Gasteiger partial charge in [0.05, 0.1) is 35.2 Å². The van der Waals surface area contributed by atoms with Crippen LogP contribution in [0, 0.1) is 5.92 Å². The number of anilines is 1. The largest absolute Gasteiger partial charge is 0.493 e. The number of hydrogen-bond donors (Lipinski definition) is 1. The van der Waals surface area contributed by atoms with Crippen LogP contribution < -0.4 is 19.1 Å². The second-order valence-electron chi connectivity index (χ2n) is 8.13. The molecule has 3 aromatic rings. The molecule has 1 saturated carbocycles. The zero-order valence-electron chi connectivity index (χ0n) is 18.0. The topological polar surface area (TPSA) is 81.1 Å². The van der Waals surface area contributed by atoms with Crippen molar-refractivity contribution in [2.45, 2.75) is 18.9 Å². The van der Waals surface area contributed by atoms with E-state index in [1.165, 1.54) is 4.90 Å². The quantitative estimate of drug-likeness (QED) is 0.550. The van der Waals surface area contributed by atoms with Gasteiger partial charge < -0.3 is 19.3 Å². The van der Waals surface area contributed by atoms with Gasteiger partial charge in [-0.05, 0) is 55.2 Å². The van der Waals surface area contributed by atoms with Crippen LogP contribution in [0.3, 0.4) is 0 Å². The van der Waals surface area contributed by atoms with Gasteiger partial charge in [0.1, 0.15) is 12.4 Å². The Bertz CT molecular complexity index is 1180. The third-order valence-electron chi connectivity index (χ3n) is 5.86. The number of nitrogens with zero attached hydrogens (tertiary/aromatic N) is 2. The van der Waals surface area contributed by atoms with E-state index in [9.17, 15) is 9.90 Å². The normalized spacial score (nSPS) is 16.1. The highest BCUT2D eigenvalue weighted by atomic mass is 35.5. The first-order valence-electron chi connectivity index (χ1n) is 10.7. The van der Waals surface area contributed by atoms with Crippen molar-refractivity contribution >= 4 is 23.2 Å². The van der Waals surface area contributed by atoms with Crippen molar-refractivity contribution in [2.24, 2.45) is 5.92 Å². The van der Waals surface area contributed by atoms with Gasteiger partial charge in [0.25, 0.3) is 5.91 Å². The number of ether oxygens (including phenoxy) is 3. The molecule has 1 fully saturated rings. The van der Waals surface area contributed by atoms with Gasteiger partial charge in [0.15, 0.2) is 18.2 Å². The van der Waals surface area contributed by atoms with Gasteiger partial charge >= 0.3 is 0 Å². The summed E-state index contributed by atoms with van der Waals surface area (Å²) in [6.45, 7) is 0.275. The zero-order chi connectivity index (χ0) is 22.9. The molecular weight excluding hydrogens is 444 g/mol. The van der Waals surface area contributed by atoms with Gasteiger partial charge in [0, 0.05) is 17.8 Å². The van der Waals surface area contributed by atoms with Crippen molar-refractivity contribution in [3.05, 3.63) is 65.3 Å². The minimum Gasteiger partial charge on any atom is -0.493 e. The number of amides is 1. The van der Waals surface area contributed by atoms with Crippen LogP contribution in [0.25, 0.3) is 11.3 Å². The lowest BCUT2D eigenvalue weighted by Gasteiger charge is -2.29. The van der Waals surface area contributed by atoms with E-state index in [0.29, 0.717) is 39.4 Å². The Morgan fingerprint density at radius 1 is 1.18 bits per heavy atom. The van der Waals surface area contributed by atoms with E-state index in [4.69, 9.17) is 25.8 Å². The molecule has 5 rings (SSSR count). The first-order chi connectivity index (χ1) is 16.0. The molecule has 7 nitrogen and oxygen atoms in total. The monoisotopic (exact) mass is 466 g/mol. The first kappa shape index (κ1) is 21.6. The molecule has 1 aromatic heterocycles. The second-order valence-corrected chi connectivity index (χ2v) is 8.57. The highest BCUT2D eigenvalue weighted by Gasteiger charge is 2.31. The molecule has 2 heterocycles. The number of aromatic nitrogens is 1. The number of aliphatic hydroxyl groups excluding tert-OH is 1. The SMILES string of the molecule is COc1cc(N2COc3cc(-c4ccc(Cl)cn4)ccc3C2=O)ccc1OC[C@H](O)C1CC1. The Hall–Kier alpha value is -3.29. The lowest BCUT2D eigenvalue weighted by molar-refractivity contribution is 0.0879. The van der Waals surface area contributed by atoms with E-state index in [2.05, 4.69) is 4.98 Å². The Morgan fingerprint density at radius 3 is 2.76 bits per heavy atom. The van der Waals surface area contributed by atoms with Gasteiger partial charge in [-0.25, -0.2) is 0 Å². The molecule has 33 heavy (non-hydrogen) atoms. The van der Waals surface area contributed by atoms with Crippen LogP contribution in [0.1, 0.15) is 23.2 Å². The lowest BCUT2D eigenvalue weighted by atomic mass is 10.0. The maximum absolute atomic E-state index is 13.2. The number of methoxy groups -OCH3 is 1. The highest BCUT2D eigenvalue weighted by Crippen LogP contribution is 2.37. The Balaban J connectivity index is 1.34. The molecule has 1 aliphatic heterocycles. The number of carbonyl (C=O) groups excluding carboxylic acids is 1. The number of pyridine rings is 1. The maximum Gasteiger partial charge on any atom is 0.264 e. The average Bonchev–Trinajstić information content (AvgIpc) is 3.69. The number of benzene rings is 2. The van der Waals surface area contributed by atoms with Gasteiger partial charge in [-0.1, -0.05) is 17.7 Å². The molecule has 0 saturated heterocycles. The van der Waals surface area contributed by atoms with E-state index < -0.39 is 6.10 Å². The van der Waals surface area contributed by atoms with Crippen LogP contribution in [0.4, 0.5) is 5.69 Å². The van der Waals surface area contributed by atoms with Crippen LogP contribution in [-0.4, -0.2) is 42.5 Å². The third kappa shape index (κ3) is 4.47. The standard InChI is InChI=1S/C25H23ClN2O5/c1-31-24-11-18(6-9-22(24)32-13-21(29)15-2-3-15)28-14-33-23-10-16(4-7-19(23)25(28)30)20-8-5-17(26)12-27-20/h4-12,15,21,29H,2-3,13-14H2,1H3/t21-/m0/s1. The predicted octanol–water partition coefficient (Wildman–Crippen LogP) is 4.56. The molecule has 1 atom stereocenters. The van der Waals surface area contributed by atoms with Crippen molar-refractivity contribution in [1.29, 1.82) is 0 Å². The van der Waals surface area contributed by atoms with Crippen molar-refractivity contribution < 1.29 is 24.1 Å². The van der Waals surface area contributed by atoms with Gasteiger partial charge in [-0.15, -0.1) is 0 Å². The molecule has 0 unspecified atom stereocenters.